The first-order valence-corrected chi connectivity index (χ1v) is 9.23. The molecule has 0 amide bonds. The lowest BCUT2D eigenvalue weighted by molar-refractivity contribution is 0.383. The van der Waals surface area contributed by atoms with Crippen molar-refractivity contribution < 1.29 is 13.2 Å². The van der Waals surface area contributed by atoms with Crippen molar-refractivity contribution in [3.63, 3.8) is 0 Å². The highest BCUT2D eigenvalue weighted by molar-refractivity contribution is 7.99. The summed E-state index contributed by atoms with van der Waals surface area (Å²) in [5, 5.41) is 0.498. The van der Waals surface area contributed by atoms with Gasteiger partial charge in [0.1, 0.15) is 0 Å². The van der Waals surface area contributed by atoms with Crippen LogP contribution in [0.4, 0.5) is 0 Å². The second kappa shape index (κ2) is 5.77. The highest BCUT2D eigenvalue weighted by Gasteiger charge is 2.30. The Morgan fingerprint density at radius 1 is 1.36 bits per heavy atom. The van der Waals surface area contributed by atoms with Crippen LogP contribution < -0.4 is 10.3 Å². The summed E-state index contributed by atoms with van der Waals surface area (Å²) in [5.74, 6) is 0.627. The third-order valence-electron chi connectivity index (χ3n) is 3.39. The van der Waals surface area contributed by atoms with E-state index in [0.29, 0.717) is 10.9 Å². The number of aromatic nitrogens is 2. The number of hydrogen-bond acceptors (Lipinski definition) is 6. The van der Waals surface area contributed by atoms with Gasteiger partial charge in [-0.25, -0.2) is 8.42 Å². The molecule has 0 saturated heterocycles. The fourth-order valence-electron chi connectivity index (χ4n) is 2.34. The average molecular weight is 338 g/mol. The van der Waals surface area contributed by atoms with E-state index >= 15 is 0 Å². The fourth-order valence-corrected chi connectivity index (χ4v) is 5.17. The number of ether oxygens (including phenoxy) is 1. The van der Waals surface area contributed by atoms with E-state index in [2.05, 4.69) is 4.98 Å². The van der Waals surface area contributed by atoms with Crippen LogP contribution in [0, 0.1) is 0 Å². The van der Waals surface area contributed by atoms with Crippen LogP contribution in [0.5, 0.6) is 5.88 Å². The molecule has 0 fully saturated rings. The monoisotopic (exact) mass is 338 g/mol. The summed E-state index contributed by atoms with van der Waals surface area (Å²) in [7, 11) is -2.01. The van der Waals surface area contributed by atoms with Gasteiger partial charge >= 0.3 is 0 Å². The number of benzene rings is 1. The summed E-state index contributed by atoms with van der Waals surface area (Å²) in [6.07, 6.45) is 0. The number of hydrogen-bond donors (Lipinski definition) is 0. The standard InChI is InChI=1S/C14H14N2O4S2/c1-20-12-7-13(17)16-10(8-21-14(16)15-12)9-22(18,19)11-5-3-2-4-6-11/h2-7,10H,8-9H2,1H3/t10-/m0/s1. The Balaban J connectivity index is 1.93. The molecule has 1 atom stereocenters. The molecule has 116 valence electrons. The second-order valence-corrected chi connectivity index (χ2v) is 7.87. The third-order valence-corrected chi connectivity index (χ3v) is 6.30. The van der Waals surface area contributed by atoms with Gasteiger partial charge in [0.25, 0.3) is 5.56 Å². The second-order valence-electron chi connectivity index (χ2n) is 4.85. The Labute approximate surface area is 132 Å². The van der Waals surface area contributed by atoms with Gasteiger partial charge in [-0.1, -0.05) is 30.0 Å². The first kappa shape index (κ1) is 15.1. The molecule has 0 N–H and O–H groups in total. The van der Waals surface area contributed by atoms with Gasteiger partial charge in [-0.3, -0.25) is 9.36 Å². The zero-order valence-electron chi connectivity index (χ0n) is 11.8. The van der Waals surface area contributed by atoms with Crippen LogP contribution in [0.15, 0.2) is 51.2 Å². The normalized spacial score (nSPS) is 17.2. The Bertz CT molecular complexity index is 847. The molecule has 0 aliphatic carbocycles. The van der Waals surface area contributed by atoms with Crippen molar-refractivity contribution in [3.05, 3.63) is 46.8 Å². The minimum atomic E-state index is -3.45. The zero-order chi connectivity index (χ0) is 15.7. The molecular weight excluding hydrogens is 324 g/mol. The van der Waals surface area contributed by atoms with Gasteiger partial charge in [0, 0.05) is 5.75 Å². The largest absolute Gasteiger partial charge is 0.481 e. The molecule has 0 bridgehead atoms. The van der Waals surface area contributed by atoms with E-state index in [9.17, 15) is 13.2 Å². The highest BCUT2D eigenvalue weighted by atomic mass is 32.2. The zero-order valence-corrected chi connectivity index (χ0v) is 13.4. The molecule has 0 spiro atoms. The molecule has 2 heterocycles. The SMILES string of the molecule is COc1cc(=O)n2c(n1)SC[C@H]2CS(=O)(=O)c1ccccc1. The van der Waals surface area contributed by atoms with Crippen molar-refractivity contribution in [2.75, 3.05) is 18.6 Å². The third kappa shape index (κ3) is 2.76. The van der Waals surface area contributed by atoms with E-state index in [-0.39, 0.29) is 22.1 Å². The molecule has 1 aromatic carbocycles. The van der Waals surface area contributed by atoms with E-state index in [4.69, 9.17) is 4.74 Å². The van der Waals surface area contributed by atoms with Crippen LogP contribution >= 0.6 is 11.8 Å². The molecule has 1 aromatic heterocycles. The quantitative estimate of drug-likeness (QED) is 0.784. The van der Waals surface area contributed by atoms with Crippen molar-refractivity contribution in [1.29, 1.82) is 0 Å². The number of thioether (sulfide) groups is 1. The van der Waals surface area contributed by atoms with Crippen LogP contribution in [0.25, 0.3) is 0 Å². The summed E-state index contributed by atoms with van der Waals surface area (Å²) in [6, 6.07) is 9.11. The van der Waals surface area contributed by atoms with Gasteiger partial charge in [-0.05, 0) is 12.1 Å². The van der Waals surface area contributed by atoms with Crippen LogP contribution in [0.2, 0.25) is 0 Å². The van der Waals surface area contributed by atoms with Gasteiger partial charge in [0.15, 0.2) is 15.0 Å². The van der Waals surface area contributed by atoms with E-state index < -0.39 is 15.9 Å². The lowest BCUT2D eigenvalue weighted by Crippen LogP contribution is -2.28. The smallest absolute Gasteiger partial charge is 0.258 e. The van der Waals surface area contributed by atoms with Crippen LogP contribution in [-0.2, 0) is 9.84 Å². The number of fused-ring (bicyclic) bond motifs is 1. The molecule has 3 rings (SSSR count). The molecule has 1 aliphatic rings. The van der Waals surface area contributed by atoms with Gasteiger partial charge in [0.05, 0.1) is 29.9 Å². The van der Waals surface area contributed by atoms with E-state index in [1.807, 2.05) is 0 Å². The van der Waals surface area contributed by atoms with Gasteiger partial charge in [-0.2, -0.15) is 4.98 Å². The van der Waals surface area contributed by atoms with Crippen LogP contribution in [0.1, 0.15) is 6.04 Å². The Hall–Kier alpha value is -1.80. The molecule has 8 heteroatoms. The van der Waals surface area contributed by atoms with Crippen molar-refractivity contribution in [1.82, 2.24) is 9.55 Å². The first-order chi connectivity index (χ1) is 10.5. The number of methoxy groups -OCH3 is 1. The summed E-state index contributed by atoms with van der Waals surface area (Å²) in [4.78, 5) is 16.6. The van der Waals surface area contributed by atoms with Crippen LogP contribution in [-0.4, -0.2) is 36.6 Å². The van der Waals surface area contributed by atoms with Crippen molar-refractivity contribution in [2.24, 2.45) is 0 Å². The minimum Gasteiger partial charge on any atom is -0.481 e. The van der Waals surface area contributed by atoms with E-state index in [1.54, 1.807) is 30.3 Å². The Morgan fingerprint density at radius 3 is 2.77 bits per heavy atom. The maximum atomic E-state index is 12.5. The van der Waals surface area contributed by atoms with Gasteiger partial charge in [-0.15, -0.1) is 0 Å². The first-order valence-electron chi connectivity index (χ1n) is 6.59. The lowest BCUT2D eigenvalue weighted by Gasteiger charge is -2.13. The molecular formula is C14H14N2O4S2. The maximum absolute atomic E-state index is 12.5. The van der Waals surface area contributed by atoms with Crippen molar-refractivity contribution in [2.45, 2.75) is 16.1 Å². The maximum Gasteiger partial charge on any atom is 0.258 e. The van der Waals surface area contributed by atoms with E-state index in [0.717, 1.165) is 0 Å². The van der Waals surface area contributed by atoms with Gasteiger partial charge < -0.3 is 4.74 Å². The van der Waals surface area contributed by atoms with Crippen LogP contribution in [0.3, 0.4) is 0 Å². The molecule has 0 unspecified atom stereocenters. The van der Waals surface area contributed by atoms with Crippen molar-refractivity contribution in [3.8, 4) is 5.88 Å². The Kier molecular flexibility index (Phi) is 3.96. The molecule has 22 heavy (non-hydrogen) atoms. The molecule has 1 aliphatic heterocycles. The summed E-state index contributed by atoms with van der Waals surface area (Å²) >= 11 is 1.36. The predicted molar refractivity (Wildman–Crippen MR) is 83.3 cm³/mol. The minimum absolute atomic E-state index is 0.120. The van der Waals surface area contributed by atoms with Crippen molar-refractivity contribution >= 4 is 21.6 Å². The summed E-state index contributed by atoms with van der Waals surface area (Å²) < 4.78 is 31.3. The number of nitrogens with zero attached hydrogens (tertiary/aromatic N) is 2. The highest BCUT2D eigenvalue weighted by Crippen LogP contribution is 2.32. The fraction of sp³-hybridized carbons (Fsp3) is 0.286. The summed E-state index contributed by atoms with van der Waals surface area (Å²) in [5.41, 5.74) is -0.292. The predicted octanol–water partition coefficient (Wildman–Crippen LogP) is 1.37. The summed E-state index contributed by atoms with van der Waals surface area (Å²) in [6.45, 7) is 0. The Morgan fingerprint density at radius 2 is 2.09 bits per heavy atom. The molecule has 6 nitrogen and oxygen atoms in total. The average Bonchev–Trinajstić information content (AvgIpc) is 2.91. The lowest BCUT2D eigenvalue weighted by atomic mass is 10.4. The topological polar surface area (TPSA) is 78.3 Å². The van der Waals surface area contributed by atoms with E-state index in [1.165, 1.54) is 29.5 Å². The molecule has 0 radical (unpaired) electrons. The number of rotatable bonds is 4. The molecule has 0 saturated carbocycles. The molecule has 2 aromatic rings. The van der Waals surface area contributed by atoms with Gasteiger partial charge in [0.2, 0.25) is 5.88 Å². The number of sulfone groups is 1.